The van der Waals surface area contributed by atoms with Gasteiger partial charge in [-0.15, -0.1) is 0 Å². The summed E-state index contributed by atoms with van der Waals surface area (Å²) >= 11 is 0. The zero-order chi connectivity index (χ0) is 39.9. The maximum atomic E-state index is 12.7. The van der Waals surface area contributed by atoms with Crippen LogP contribution in [0.1, 0.15) is 213 Å². The first kappa shape index (κ1) is 53.2. The van der Waals surface area contributed by atoms with E-state index in [0.717, 1.165) is 32.1 Å². The van der Waals surface area contributed by atoms with Crippen molar-refractivity contribution in [1.29, 1.82) is 0 Å². The van der Waals surface area contributed by atoms with Gasteiger partial charge < -0.3 is 27.9 Å². The van der Waals surface area contributed by atoms with Crippen molar-refractivity contribution in [1.82, 2.24) is 0 Å². The molecule has 0 amide bonds. The minimum Gasteiger partial charge on any atom is -0.756 e. The second-order valence-electron chi connectivity index (χ2n) is 16.8. The van der Waals surface area contributed by atoms with Crippen molar-refractivity contribution < 1.29 is 37.3 Å². The van der Waals surface area contributed by atoms with E-state index in [-0.39, 0.29) is 25.8 Å². The van der Waals surface area contributed by atoms with Crippen LogP contribution in [0.15, 0.2) is 12.2 Å². The number of unbranched alkanes of at least 4 members (excludes halogenated alkanes) is 27. The number of hydrogen-bond donors (Lipinski definition) is 0. The van der Waals surface area contributed by atoms with Crippen LogP contribution in [-0.4, -0.2) is 70.7 Å². The lowest BCUT2D eigenvalue weighted by atomic mass is 10.0. The first-order valence-corrected chi connectivity index (χ1v) is 24.4. The van der Waals surface area contributed by atoms with E-state index < -0.39 is 13.9 Å². The minimum absolute atomic E-state index is 0.0285. The Kier molecular flexibility index (Phi) is 38.5. The molecule has 0 radical (unpaired) electrons. The molecular weight excluding hydrogens is 697 g/mol. The van der Waals surface area contributed by atoms with Gasteiger partial charge in [0.15, 0.2) is 0 Å². The van der Waals surface area contributed by atoms with E-state index in [0.29, 0.717) is 24.1 Å². The summed E-state index contributed by atoms with van der Waals surface area (Å²) in [5, 5.41) is 0. The topological polar surface area (TPSA) is 94.1 Å². The van der Waals surface area contributed by atoms with Gasteiger partial charge in [-0.1, -0.05) is 180 Å². The molecule has 0 aromatic carbocycles. The standard InChI is InChI=1S/C45H90NO7P/c1-6-8-10-12-14-16-18-20-22-23-24-25-26-28-30-32-34-36-38-45(47)53-44(43-52-54(48,49)51-41-39-46(3,4)5)42-50-40-37-35-33-31-29-27-21-19-17-15-13-11-9-7-2/h22-23,44H,6-21,24-43H2,1-5H3/b23-22-. The molecule has 0 aromatic rings. The van der Waals surface area contributed by atoms with Crippen molar-refractivity contribution in [3.8, 4) is 0 Å². The monoisotopic (exact) mass is 788 g/mol. The molecule has 9 heteroatoms. The molecule has 0 saturated carbocycles. The van der Waals surface area contributed by atoms with Gasteiger partial charge in [-0.3, -0.25) is 9.36 Å². The summed E-state index contributed by atoms with van der Waals surface area (Å²) in [6.45, 7) is 5.45. The summed E-state index contributed by atoms with van der Waals surface area (Å²) in [4.78, 5) is 25.1. The Labute approximate surface area is 335 Å². The summed E-state index contributed by atoms with van der Waals surface area (Å²) in [6, 6.07) is 0. The molecule has 8 nitrogen and oxygen atoms in total. The zero-order valence-corrected chi connectivity index (χ0v) is 37.3. The smallest absolute Gasteiger partial charge is 0.306 e. The molecule has 2 unspecified atom stereocenters. The fourth-order valence-electron chi connectivity index (χ4n) is 6.48. The molecule has 322 valence electrons. The van der Waals surface area contributed by atoms with E-state index >= 15 is 0 Å². The van der Waals surface area contributed by atoms with Gasteiger partial charge in [-0.2, -0.15) is 0 Å². The summed E-state index contributed by atoms with van der Waals surface area (Å²) in [5.41, 5.74) is 0. The maximum absolute atomic E-state index is 12.7. The third-order valence-electron chi connectivity index (χ3n) is 10.1. The molecule has 0 N–H and O–H groups in total. The number of hydrogen-bond acceptors (Lipinski definition) is 7. The normalized spacial score (nSPS) is 13.8. The number of likely N-dealkylation sites (N-methyl/N-ethyl adjacent to an activating group) is 1. The second kappa shape index (κ2) is 39.1. The van der Waals surface area contributed by atoms with Gasteiger partial charge in [0, 0.05) is 13.0 Å². The van der Waals surface area contributed by atoms with Gasteiger partial charge in [-0.25, -0.2) is 0 Å². The molecule has 0 aromatic heterocycles. The van der Waals surface area contributed by atoms with Crippen LogP contribution in [0.3, 0.4) is 0 Å². The van der Waals surface area contributed by atoms with Crippen molar-refractivity contribution in [2.45, 2.75) is 219 Å². The highest BCUT2D eigenvalue weighted by molar-refractivity contribution is 7.45. The van der Waals surface area contributed by atoms with Crippen LogP contribution < -0.4 is 4.89 Å². The molecule has 0 aliphatic carbocycles. The van der Waals surface area contributed by atoms with Gasteiger partial charge >= 0.3 is 5.97 Å². The Bertz CT molecular complexity index is 879. The Hall–Kier alpha value is -0.760. The summed E-state index contributed by atoms with van der Waals surface area (Å²) in [5.74, 6) is -0.335. The first-order chi connectivity index (χ1) is 26.1. The van der Waals surface area contributed by atoms with Gasteiger partial charge in [0.2, 0.25) is 0 Å². The lowest BCUT2D eigenvalue weighted by Gasteiger charge is -2.28. The molecule has 2 atom stereocenters. The number of allylic oxidation sites excluding steroid dienone is 2. The zero-order valence-electron chi connectivity index (χ0n) is 36.4. The number of nitrogens with zero attached hydrogens (tertiary/aromatic N) is 1. The van der Waals surface area contributed by atoms with Crippen molar-refractivity contribution >= 4 is 13.8 Å². The molecule has 0 spiro atoms. The van der Waals surface area contributed by atoms with Crippen molar-refractivity contribution in [2.75, 3.05) is 54.1 Å². The SMILES string of the molecule is CCCCCCCCC/C=C\CCCCCCCCCC(=O)OC(COCCCCCCCCCCCCCCCC)COP(=O)([O-])OCC[N+](C)(C)C. The first-order valence-electron chi connectivity index (χ1n) is 22.9. The molecule has 0 aliphatic rings. The van der Waals surface area contributed by atoms with Crippen LogP contribution in [0.2, 0.25) is 0 Å². The molecular formula is C45H90NO7P. The third kappa shape index (κ3) is 42.4. The van der Waals surface area contributed by atoms with E-state index in [2.05, 4.69) is 26.0 Å². The third-order valence-corrected chi connectivity index (χ3v) is 11.0. The predicted octanol–water partition coefficient (Wildman–Crippen LogP) is 12.8. The molecule has 0 bridgehead atoms. The van der Waals surface area contributed by atoms with E-state index in [1.54, 1.807) is 0 Å². The Balaban J connectivity index is 4.18. The average Bonchev–Trinajstić information content (AvgIpc) is 3.12. The van der Waals surface area contributed by atoms with Gasteiger partial charge in [0.25, 0.3) is 7.82 Å². The van der Waals surface area contributed by atoms with E-state index in [9.17, 15) is 14.3 Å². The minimum atomic E-state index is -4.52. The average molecular weight is 788 g/mol. The number of quaternary nitrogens is 1. The molecule has 0 saturated heterocycles. The van der Waals surface area contributed by atoms with Crippen molar-refractivity contribution in [3.63, 3.8) is 0 Å². The molecule has 0 fully saturated rings. The Morgan fingerprint density at radius 2 is 0.963 bits per heavy atom. The van der Waals surface area contributed by atoms with Crippen molar-refractivity contribution in [3.05, 3.63) is 12.2 Å². The van der Waals surface area contributed by atoms with Crippen LogP contribution in [-0.2, 0) is 27.9 Å². The highest BCUT2D eigenvalue weighted by atomic mass is 31.2. The number of phosphoric acid groups is 1. The van der Waals surface area contributed by atoms with Gasteiger partial charge in [-0.05, 0) is 38.5 Å². The lowest BCUT2D eigenvalue weighted by molar-refractivity contribution is -0.870. The predicted molar refractivity (Wildman–Crippen MR) is 227 cm³/mol. The number of rotatable bonds is 43. The maximum Gasteiger partial charge on any atom is 0.306 e. The summed E-state index contributed by atoms with van der Waals surface area (Å²) in [7, 11) is 1.37. The van der Waals surface area contributed by atoms with Crippen LogP contribution in [0.5, 0.6) is 0 Å². The second-order valence-corrected chi connectivity index (χ2v) is 18.2. The fraction of sp³-hybridized carbons (Fsp3) is 0.933. The number of phosphoric ester groups is 1. The van der Waals surface area contributed by atoms with E-state index in [1.807, 2.05) is 21.1 Å². The van der Waals surface area contributed by atoms with Crippen LogP contribution >= 0.6 is 7.82 Å². The Morgan fingerprint density at radius 3 is 1.41 bits per heavy atom. The molecule has 0 heterocycles. The summed E-state index contributed by atoms with van der Waals surface area (Å²) < 4.78 is 34.6. The van der Waals surface area contributed by atoms with Gasteiger partial charge in [0.05, 0.1) is 34.4 Å². The summed E-state index contributed by atoms with van der Waals surface area (Å²) in [6.07, 6.45) is 42.2. The number of ether oxygens (including phenoxy) is 2. The molecule has 0 rings (SSSR count). The number of esters is 1. The lowest BCUT2D eigenvalue weighted by Crippen LogP contribution is -2.37. The highest BCUT2D eigenvalue weighted by Crippen LogP contribution is 2.38. The van der Waals surface area contributed by atoms with E-state index in [4.69, 9.17) is 18.5 Å². The molecule has 0 aliphatic heterocycles. The largest absolute Gasteiger partial charge is 0.756 e. The number of carbonyl (C=O) groups is 1. The quantitative estimate of drug-likeness (QED) is 0.0200. The van der Waals surface area contributed by atoms with E-state index in [1.165, 1.54) is 161 Å². The highest BCUT2D eigenvalue weighted by Gasteiger charge is 2.20. The Morgan fingerprint density at radius 1 is 0.556 bits per heavy atom. The molecule has 54 heavy (non-hydrogen) atoms. The fourth-order valence-corrected chi connectivity index (χ4v) is 7.21. The van der Waals surface area contributed by atoms with Crippen molar-refractivity contribution in [2.24, 2.45) is 0 Å². The van der Waals surface area contributed by atoms with Crippen LogP contribution in [0.25, 0.3) is 0 Å². The van der Waals surface area contributed by atoms with Crippen LogP contribution in [0, 0.1) is 0 Å². The number of carbonyl (C=O) groups excluding carboxylic acids is 1. The van der Waals surface area contributed by atoms with Gasteiger partial charge in [0.1, 0.15) is 19.3 Å². The van der Waals surface area contributed by atoms with Crippen LogP contribution in [0.4, 0.5) is 0 Å².